The molecule has 3 aliphatic rings. The molecule has 2 aromatic rings. The number of aromatic nitrogens is 2. The van der Waals surface area contributed by atoms with E-state index >= 15 is 0 Å². The zero-order valence-corrected chi connectivity index (χ0v) is 16.4. The highest BCUT2D eigenvalue weighted by molar-refractivity contribution is 5.93. The number of hydrogen-bond donors (Lipinski definition) is 1. The first-order valence-corrected chi connectivity index (χ1v) is 10.2. The molecule has 2 aromatic heterocycles. The van der Waals surface area contributed by atoms with Gasteiger partial charge in [0.25, 0.3) is 5.91 Å². The van der Waals surface area contributed by atoms with Crippen molar-refractivity contribution in [1.82, 2.24) is 15.3 Å². The van der Waals surface area contributed by atoms with Gasteiger partial charge in [-0.05, 0) is 32.3 Å². The van der Waals surface area contributed by atoms with Crippen molar-refractivity contribution in [2.45, 2.75) is 44.8 Å². The molecule has 1 amide bonds. The van der Waals surface area contributed by atoms with Crippen LogP contribution in [0, 0.1) is 18.8 Å². The molecule has 3 saturated heterocycles. The molecule has 7 heteroatoms. The van der Waals surface area contributed by atoms with Crippen molar-refractivity contribution in [3.05, 3.63) is 41.7 Å². The number of ether oxygens (including phenoxy) is 1. The monoisotopic (exact) mass is 382 g/mol. The summed E-state index contributed by atoms with van der Waals surface area (Å²) < 4.78 is 11.5. The minimum atomic E-state index is -0.0977. The quantitative estimate of drug-likeness (QED) is 0.855. The van der Waals surface area contributed by atoms with E-state index in [-0.39, 0.29) is 17.6 Å². The Morgan fingerprint density at radius 1 is 1.46 bits per heavy atom. The summed E-state index contributed by atoms with van der Waals surface area (Å²) >= 11 is 0. The number of furan rings is 1. The predicted molar refractivity (Wildman–Crippen MR) is 103 cm³/mol. The van der Waals surface area contributed by atoms with Crippen LogP contribution in [0.5, 0.6) is 0 Å². The molecule has 0 aliphatic carbocycles. The van der Waals surface area contributed by atoms with Gasteiger partial charge < -0.3 is 19.4 Å². The summed E-state index contributed by atoms with van der Waals surface area (Å²) in [5, 5.41) is 3.08. The topological polar surface area (TPSA) is 80.5 Å². The summed E-state index contributed by atoms with van der Waals surface area (Å²) in [4.78, 5) is 23.8. The van der Waals surface area contributed by atoms with Crippen molar-refractivity contribution >= 4 is 11.7 Å². The van der Waals surface area contributed by atoms with Gasteiger partial charge in [-0.15, -0.1) is 0 Å². The number of carbonyl (C=O) groups excluding carboxylic acids is 1. The number of hydrogen-bond acceptors (Lipinski definition) is 6. The van der Waals surface area contributed by atoms with Gasteiger partial charge in [-0.3, -0.25) is 4.79 Å². The molecule has 0 radical (unpaired) electrons. The molecule has 5 heterocycles. The van der Waals surface area contributed by atoms with Crippen LogP contribution in [0.25, 0.3) is 0 Å². The number of fused-ring (bicyclic) bond motifs is 1. The summed E-state index contributed by atoms with van der Waals surface area (Å²) in [7, 11) is 0. The number of nitrogens with one attached hydrogen (secondary N) is 1. The van der Waals surface area contributed by atoms with Crippen molar-refractivity contribution in [2.24, 2.45) is 11.8 Å². The number of nitrogens with zero attached hydrogens (tertiary/aromatic N) is 3. The zero-order chi connectivity index (χ0) is 19.3. The summed E-state index contributed by atoms with van der Waals surface area (Å²) in [5.74, 6) is 2.52. The molecular weight excluding hydrogens is 356 g/mol. The maximum Gasteiger partial charge on any atom is 0.254 e. The summed E-state index contributed by atoms with van der Waals surface area (Å²) in [6.45, 7) is 6.52. The Hall–Kier alpha value is -2.41. The van der Waals surface area contributed by atoms with Crippen LogP contribution in [0.3, 0.4) is 0 Å². The highest BCUT2D eigenvalue weighted by atomic mass is 16.5. The van der Waals surface area contributed by atoms with Crippen LogP contribution < -0.4 is 10.2 Å². The van der Waals surface area contributed by atoms with Crippen molar-refractivity contribution in [2.75, 3.05) is 24.5 Å². The second kappa shape index (κ2) is 6.58. The van der Waals surface area contributed by atoms with Gasteiger partial charge in [0.1, 0.15) is 17.9 Å². The maximum absolute atomic E-state index is 12.3. The molecule has 3 aliphatic heterocycles. The van der Waals surface area contributed by atoms with E-state index in [1.54, 1.807) is 6.07 Å². The summed E-state index contributed by atoms with van der Waals surface area (Å²) in [6, 6.07) is 1.69. The Kier molecular flexibility index (Phi) is 4.16. The second-order valence-electron chi connectivity index (χ2n) is 8.25. The molecule has 1 N–H and O–H groups in total. The van der Waals surface area contributed by atoms with Gasteiger partial charge in [-0.2, -0.15) is 0 Å². The molecule has 5 rings (SSSR count). The molecule has 148 valence electrons. The summed E-state index contributed by atoms with van der Waals surface area (Å²) in [5.41, 5.74) is 1.65. The number of anilines is 1. The number of amides is 1. The van der Waals surface area contributed by atoms with Gasteiger partial charge in [0.05, 0.1) is 23.5 Å². The van der Waals surface area contributed by atoms with E-state index < -0.39 is 0 Å². The lowest BCUT2D eigenvalue weighted by Gasteiger charge is -2.29. The highest BCUT2D eigenvalue weighted by Gasteiger charge is 2.63. The molecule has 0 aromatic carbocycles. The lowest BCUT2D eigenvalue weighted by Crippen LogP contribution is -2.41. The normalized spacial score (nSPS) is 30.6. The van der Waals surface area contributed by atoms with E-state index in [9.17, 15) is 4.79 Å². The van der Waals surface area contributed by atoms with Gasteiger partial charge in [0.2, 0.25) is 0 Å². The molecule has 0 unspecified atom stereocenters. The first kappa shape index (κ1) is 17.7. The smallest absolute Gasteiger partial charge is 0.254 e. The maximum atomic E-state index is 12.3. The lowest BCUT2D eigenvalue weighted by molar-refractivity contribution is 0.0141. The van der Waals surface area contributed by atoms with Crippen LogP contribution in [-0.2, 0) is 11.2 Å². The van der Waals surface area contributed by atoms with Crippen molar-refractivity contribution in [3.8, 4) is 0 Å². The second-order valence-corrected chi connectivity index (χ2v) is 8.25. The first-order valence-electron chi connectivity index (χ1n) is 10.2. The Bertz CT molecular complexity index is 884. The predicted octanol–water partition coefficient (Wildman–Crippen LogP) is 2.35. The molecule has 2 bridgehead atoms. The molecule has 7 nitrogen and oxygen atoms in total. The Labute approximate surface area is 164 Å². The van der Waals surface area contributed by atoms with E-state index in [1.807, 2.05) is 13.1 Å². The highest BCUT2D eigenvalue weighted by Crippen LogP contribution is 2.55. The molecule has 3 fully saturated rings. The zero-order valence-electron chi connectivity index (χ0n) is 16.4. The SMILES string of the molecule is CCc1cnc(C)nc1N1C[C@@H]2[C@H](CNC(=O)c3ccoc3)[C@H]3CC[C@]2(C1)O3. The van der Waals surface area contributed by atoms with Gasteiger partial charge in [-0.1, -0.05) is 6.92 Å². The molecule has 4 atom stereocenters. The van der Waals surface area contributed by atoms with Crippen molar-refractivity contribution in [3.63, 3.8) is 0 Å². The van der Waals surface area contributed by atoms with Crippen LogP contribution in [0.2, 0.25) is 0 Å². The van der Waals surface area contributed by atoms with Crippen molar-refractivity contribution in [1.29, 1.82) is 0 Å². The standard InChI is InChI=1S/C21H26N4O3/c1-3-14-8-22-13(2)24-19(14)25-10-17-16(18-4-6-21(17,12-25)28-18)9-23-20(26)15-5-7-27-11-15/h5,7-8,11,16-18H,3-4,6,9-10,12H2,1-2H3,(H,23,26)/t16-,17+,18+,21+/m0/s1. The minimum absolute atomic E-state index is 0.0832. The third kappa shape index (κ3) is 2.71. The number of carbonyl (C=O) groups is 1. The molecular formula is C21H26N4O3. The van der Waals surface area contributed by atoms with Crippen LogP contribution in [-0.4, -0.2) is 47.2 Å². The van der Waals surface area contributed by atoms with E-state index in [0.717, 1.165) is 44.0 Å². The fraction of sp³-hybridized carbons (Fsp3) is 0.571. The van der Waals surface area contributed by atoms with Gasteiger partial charge in [-0.25, -0.2) is 9.97 Å². The average molecular weight is 382 g/mol. The van der Waals surface area contributed by atoms with Crippen molar-refractivity contribution < 1.29 is 13.9 Å². The Morgan fingerprint density at radius 2 is 2.36 bits per heavy atom. The van der Waals surface area contributed by atoms with E-state index in [1.165, 1.54) is 18.1 Å². The van der Waals surface area contributed by atoms with E-state index in [0.29, 0.717) is 23.9 Å². The van der Waals surface area contributed by atoms with E-state index in [4.69, 9.17) is 14.1 Å². The fourth-order valence-electron chi connectivity index (χ4n) is 5.34. The van der Waals surface area contributed by atoms with Crippen LogP contribution in [0.1, 0.15) is 41.5 Å². The largest absolute Gasteiger partial charge is 0.472 e. The molecule has 0 saturated carbocycles. The average Bonchev–Trinajstić information content (AvgIpc) is 3.46. The minimum Gasteiger partial charge on any atom is -0.472 e. The Morgan fingerprint density at radius 3 is 3.14 bits per heavy atom. The van der Waals surface area contributed by atoms with Gasteiger partial charge >= 0.3 is 0 Å². The third-order valence-corrected chi connectivity index (χ3v) is 6.71. The third-order valence-electron chi connectivity index (χ3n) is 6.71. The van der Waals surface area contributed by atoms with Crippen LogP contribution in [0.15, 0.2) is 29.2 Å². The van der Waals surface area contributed by atoms with E-state index in [2.05, 4.69) is 22.1 Å². The first-order chi connectivity index (χ1) is 13.6. The van der Waals surface area contributed by atoms with Crippen LogP contribution in [0.4, 0.5) is 5.82 Å². The molecule has 1 spiro atoms. The Balaban J connectivity index is 1.34. The lowest BCUT2D eigenvalue weighted by atomic mass is 9.73. The number of rotatable bonds is 5. The molecule has 28 heavy (non-hydrogen) atoms. The fourth-order valence-corrected chi connectivity index (χ4v) is 5.34. The van der Waals surface area contributed by atoms with Gasteiger partial charge in [0.15, 0.2) is 0 Å². The summed E-state index contributed by atoms with van der Waals surface area (Å²) in [6.07, 6.45) is 8.27. The number of aryl methyl sites for hydroxylation is 2. The van der Waals surface area contributed by atoms with Gasteiger partial charge in [0, 0.05) is 43.2 Å². The van der Waals surface area contributed by atoms with Crippen LogP contribution >= 0.6 is 0 Å².